The molecule has 0 saturated heterocycles. The maximum Gasteiger partial charge on any atom is 0.257 e. The first-order valence-electron chi connectivity index (χ1n) is 12.9. The van der Waals surface area contributed by atoms with Crippen LogP contribution in [-0.2, 0) is 17.8 Å². The van der Waals surface area contributed by atoms with Gasteiger partial charge in [0.05, 0.1) is 23.3 Å². The number of methoxy groups -OCH3 is 1. The highest BCUT2D eigenvalue weighted by atomic mass is 127. The van der Waals surface area contributed by atoms with Crippen LogP contribution in [0.1, 0.15) is 32.1 Å². The molecule has 0 radical (unpaired) electrons. The van der Waals surface area contributed by atoms with Crippen LogP contribution in [0.5, 0.6) is 11.5 Å². The molecule has 212 valence electrons. The number of carbonyl (C=O) groups excluding carboxylic acids is 2. The first-order valence-corrected chi connectivity index (χ1v) is 14.8. The van der Waals surface area contributed by atoms with E-state index < -0.39 is 0 Å². The number of rotatable bonds is 10. The summed E-state index contributed by atoms with van der Waals surface area (Å²) in [6, 6.07) is 25.3. The van der Waals surface area contributed by atoms with Gasteiger partial charge < -0.3 is 9.47 Å². The van der Waals surface area contributed by atoms with Crippen molar-refractivity contribution in [2.24, 2.45) is 5.10 Å². The van der Waals surface area contributed by atoms with Crippen LogP contribution in [0.4, 0.5) is 5.13 Å². The van der Waals surface area contributed by atoms with Crippen molar-refractivity contribution in [3.05, 3.63) is 110 Å². The maximum absolute atomic E-state index is 12.5. The molecule has 11 heteroatoms. The van der Waals surface area contributed by atoms with Gasteiger partial charge in [-0.25, -0.2) is 5.43 Å². The standard InChI is InChI=1S/C31H26IN5O4S/c1-19-8-3-5-12-23(19)30(39)34-31-37-36-28(42-31)16-27(38)35-33-17-20-14-25(32)29(26(15-20)40-2)41-18-22-11-7-10-21-9-4-6-13-24(21)22/h3-15,17H,16,18H2,1-2H3,(H,35,38)(H,34,37,39)/b33-17-. The second kappa shape index (κ2) is 13.5. The number of hydrazone groups is 1. The Morgan fingerprint density at radius 2 is 1.81 bits per heavy atom. The van der Waals surface area contributed by atoms with Crippen LogP contribution >= 0.6 is 33.9 Å². The van der Waals surface area contributed by atoms with E-state index in [0.717, 1.165) is 42.4 Å². The van der Waals surface area contributed by atoms with E-state index in [2.05, 4.69) is 72.9 Å². The van der Waals surface area contributed by atoms with E-state index >= 15 is 0 Å². The summed E-state index contributed by atoms with van der Waals surface area (Å²) < 4.78 is 12.6. The van der Waals surface area contributed by atoms with E-state index in [-0.39, 0.29) is 18.2 Å². The Morgan fingerprint density at radius 3 is 2.64 bits per heavy atom. The van der Waals surface area contributed by atoms with Gasteiger partial charge in [0, 0.05) is 5.56 Å². The van der Waals surface area contributed by atoms with Crippen molar-refractivity contribution in [2.45, 2.75) is 20.0 Å². The number of halogens is 1. The lowest BCUT2D eigenvalue weighted by atomic mass is 10.1. The summed E-state index contributed by atoms with van der Waals surface area (Å²) >= 11 is 3.33. The SMILES string of the molecule is COc1cc(/C=N\NC(=O)Cc2nnc(NC(=O)c3ccccc3C)s2)cc(I)c1OCc1cccc2ccccc12. The number of anilines is 1. The predicted octanol–water partition coefficient (Wildman–Crippen LogP) is 6.14. The zero-order valence-corrected chi connectivity index (χ0v) is 25.7. The average Bonchev–Trinajstić information content (AvgIpc) is 3.42. The normalized spacial score (nSPS) is 11.0. The molecule has 2 N–H and O–H groups in total. The topological polar surface area (TPSA) is 115 Å². The quantitative estimate of drug-likeness (QED) is 0.103. The van der Waals surface area contributed by atoms with Gasteiger partial charge >= 0.3 is 0 Å². The summed E-state index contributed by atoms with van der Waals surface area (Å²) in [5.74, 6) is 0.550. The molecule has 0 bridgehead atoms. The molecule has 0 spiro atoms. The molecule has 0 saturated carbocycles. The number of nitrogens with zero attached hydrogens (tertiary/aromatic N) is 3. The summed E-state index contributed by atoms with van der Waals surface area (Å²) in [5, 5.41) is 17.8. The van der Waals surface area contributed by atoms with Crippen molar-refractivity contribution in [3.8, 4) is 11.5 Å². The van der Waals surface area contributed by atoms with Crippen LogP contribution in [0.2, 0.25) is 0 Å². The fourth-order valence-electron chi connectivity index (χ4n) is 4.25. The molecule has 0 unspecified atom stereocenters. The summed E-state index contributed by atoms with van der Waals surface area (Å²) in [7, 11) is 1.58. The molecule has 0 aliphatic heterocycles. The number of ether oxygens (including phenoxy) is 2. The van der Waals surface area contributed by atoms with Gasteiger partial charge in [-0.15, -0.1) is 10.2 Å². The van der Waals surface area contributed by atoms with Gasteiger partial charge in [0.15, 0.2) is 11.5 Å². The molecule has 9 nitrogen and oxygen atoms in total. The lowest BCUT2D eigenvalue weighted by Gasteiger charge is -2.14. The number of nitrogens with one attached hydrogen (secondary N) is 2. The van der Waals surface area contributed by atoms with Gasteiger partial charge in [-0.3, -0.25) is 14.9 Å². The van der Waals surface area contributed by atoms with Crippen LogP contribution in [0.25, 0.3) is 10.8 Å². The second-order valence-electron chi connectivity index (χ2n) is 9.20. The number of carbonyl (C=O) groups is 2. The molecule has 4 aromatic carbocycles. The smallest absolute Gasteiger partial charge is 0.257 e. The van der Waals surface area contributed by atoms with Crippen LogP contribution in [0.3, 0.4) is 0 Å². The van der Waals surface area contributed by atoms with Gasteiger partial charge in [-0.05, 0) is 75.2 Å². The predicted molar refractivity (Wildman–Crippen MR) is 172 cm³/mol. The number of benzene rings is 4. The Labute approximate surface area is 260 Å². The molecule has 0 aliphatic carbocycles. The van der Waals surface area contributed by atoms with Crippen LogP contribution in [0.15, 0.2) is 84.0 Å². The van der Waals surface area contributed by atoms with E-state index in [0.29, 0.717) is 33.8 Å². The first kappa shape index (κ1) is 29.1. The molecule has 0 atom stereocenters. The Kier molecular flexibility index (Phi) is 9.39. The van der Waals surface area contributed by atoms with Gasteiger partial charge in [-0.1, -0.05) is 72.0 Å². The maximum atomic E-state index is 12.5. The lowest BCUT2D eigenvalue weighted by molar-refractivity contribution is -0.120. The molecule has 2 amide bonds. The van der Waals surface area contributed by atoms with Crippen molar-refractivity contribution in [1.82, 2.24) is 15.6 Å². The van der Waals surface area contributed by atoms with Crippen LogP contribution < -0.4 is 20.2 Å². The number of hydrogen-bond donors (Lipinski definition) is 2. The third-order valence-corrected chi connectivity index (χ3v) is 7.94. The zero-order valence-electron chi connectivity index (χ0n) is 22.8. The molecule has 5 rings (SSSR count). The number of hydrogen-bond acceptors (Lipinski definition) is 8. The monoisotopic (exact) mass is 691 g/mol. The van der Waals surface area contributed by atoms with E-state index in [4.69, 9.17) is 9.47 Å². The minimum Gasteiger partial charge on any atom is -0.493 e. The fraction of sp³-hybridized carbons (Fsp3) is 0.129. The highest BCUT2D eigenvalue weighted by Gasteiger charge is 2.15. The Morgan fingerprint density at radius 1 is 1.02 bits per heavy atom. The highest BCUT2D eigenvalue weighted by Crippen LogP contribution is 2.34. The third kappa shape index (κ3) is 7.09. The van der Waals surface area contributed by atoms with E-state index in [1.165, 1.54) is 6.21 Å². The van der Waals surface area contributed by atoms with Gasteiger partial charge in [0.2, 0.25) is 11.0 Å². The van der Waals surface area contributed by atoms with Gasteiger partial charge in [0.25, 0.3) is 5.91 Å². The Balaban J connectivity index is 1.17. The highest BCUT2D eigenvalue weighted by molar-refractivity contribution is 14.1. The van der Waals surface area contributed by atoms with E-state index in [9.17, 15) is 9.59 Å². The molecule has 1 aromatic heterocycles. The molecule has 1 heterocycles. The summed E-state index contributed by atoms with van der Waals surface area (Å²) in [5.41, 5.74) is 5.72. The van der Waals surface area contributed by atoms with Crippen molar-refractivity contribution >= 4 is 67.9 Å². The summed E-state index contributed by atoms with van der Waals surface area (Å²) in [6.07, 6.45) is 1.50. The summed E-state index contributed by atoms with van der Waals surface area (Å²) in [4.78, 5) is 24.9. The van der Waals surface area contributed by atoms with Crippen molar-refractivity contribution in [2.75, 3.05) is 12.4 Å². The first-order chi connectivity index (χ1) is 20.4. The number of fused-ring (bicyclic) bond motifs is 1. The lowest BCUT2D eigenvalue weighted by Crippen LogP contribution is -2.19. The molecule has 0 fully saturated rings. The number of aryl methyl sites for hydroxylation is 1. The van der Waals surface area contributed by atoms with Crippen LogP contribution in [-0.4, -0.2) is 35.3 Å². The minimum atomic E-state index is -0.365. The Bertz CT molecular complexity index is 1780. The average molecular weight is 692 g/mol. The van der Waals surface area contributed by atoms with Gasteiger partial charge in [0.1, 0.15) is 11.6 Å². The van der Waals surface area contributed by atoms with Crippen molar-refractivity contribution < 1.29 is 19.1 Å². The number of amides is 2. The largest absolute Gasteiger partial charge is 0.493 e. The van der Waals surface area contributed by atoms with Gasteiger partial charge in [-0.2, -0.15) is 5.10 Å². The molecular formula is C31H26IN5O4S. The third-order valence-electron chi connectivity index (χ3n) is 6.30. The van der Waals surface area contributed by atoms with E-state index in [1.807, 2.05) is 43.3 Å². The number of aromatic nitrogens is 2. The second-order valence-corrected chi connectivity index (χ2v) is 11.4. The zero-order chi connectivity index (χ0) is 29.5. The molecule has 42 heavy (non-hydrogen) atoms. The minimum absolute atomic E-state index is 0.0307. The van der Waals surface area contributed by atoms with Crippen LogP contribution in [0, 0.1) is 10.5 Å². The Hall–Kier alpha value is -4.36. The molecular weight excluding hydrogens is 665 g/mol. The summed E-state index contributed by atoms with van der Waals surface area (Å²) in [6.45, 7) is 2.25. The van der Waals surface area contributed by atoms with E-state index in [1.54, 1.807) is 25.3 Å². The van der Waals surface area contributed by atoms with Crippen molar-refractivity contribution in [1.29, 1.82) is 0 Å². The molecule has 5 aromatic rings. The molecule has 0 aliphatic rings. The fourth-order valence-corrected chi connectivity index (χ4v) is 5.76. The van der Waals surface area contributed by atoms with Crippen molar-refractivity contribution in [3.63, 3.8) is 0 Å².